The van der Waals surface area contributed by atoms with Gasteiger partial charge in [0.2, 0.25) is 21.8 Å². The lowest BCUT2D eigenvalue weighted by Crippen LogP contribution is -2.53. The molecule has 1 atom stereocenters. The average Bonchev–Trinajstić information content (AvgIpc) is 2.81. The second-order valence-electron chi connectivity index (χ2n) is 9.23. The van der Waals surface area contributed by atoms with E-state index in [1.807, 2.05) is 30.3 Å². The number of nitrogens with zero attached hydrogens (tertiary/aromatic N) is 2. The standard InChI is InChI=1S/C26H34ClN3O4S/c1-19-16-22(27)14-15-24(19)30(35(3,33)34)18-25(31)29(17-21-10-6-4-7-11-21)20(2)26(32)28-23-12-8-5-9-13-23/h4,6-7,10-11,14-16,20,23H,5,8-9,12-13,17-18H2,1-3H3,(H,28,32)/t20-/m0/s1. The molecule has 1 aliphatic carbocycles. The molecule has 1 aliphatic rings. The van der Waals surface area contributed by atoms with E-state index in [4.69, 9.17) is 11.6 Å². The minimum absolute atomic E-state index is 0.108. The van der Waals surface area contributed by atoms with Crippen LogP contribution in [-0.2, 0) is 26.2 Å². The first-order valence-electron chi connectivity index (χ1n) is 11.9. The number of sulfonamides is 1. The lowest BCUT2D eigenvalue weighted by molar-refractivity contribution is -0.139. The lowest BCUT2D eigenvalue weighted by atomic mass is 9.95. The number of hydrogen-bond acceptors (Lipinski definition) is 4. The van der Waals surface area contributed by atoms with Gasteiger partial charge < -0.3 is 10.2 Å². The first-order chi connectivity index (χ1) is 16.6. The van der Waals surface area contributed by atoms with Gasteiger partial charge in [-0.05, 0) is 56.0 Å². The highest BCUT2D eigenvalue weighted by atomic mass is 35.5. The van der Waals surface area contributed by atoms with E-state index in [-0.39, 0.29) is 18.5 Å². The molecule has 9 heteroatoms. The molecule has 0 bridgehead atoms. The van der Waals surface area contributed by atoms with Crippen molar-refractivity contribution >= 4 is 39.1 Å². The zero-order valence-corrected chi connectivity index (χ0v) is 22.1. The molecule has 1 fully saturated rings. The number of benzene rings is 2. The molecule has 190 valence electrons. The van der Waals surface area contributed by atoms with Crippen LogP contribution in [0, 0.1) is 6.92 Å². The third-order valence-electron chi connectivity index (χ3n) is 6.42. The molecule has 0 aliphatic heterocycles. The molecule has 0 heterocycles. The van der Waals surface area contributed by atoms with Crippen molar-refractivity contribution < 1.29 is 18.0 Å². The highest BCUT2D eigenvalue weighted by molar-refractivity contribution is 7.92. The maximum Gasteiger partial charge on any atom is 0.244 e. The molecule has 0 saturated heterocycles. The monoisotopic (exact) mass is 519 g/mol. The lowest BCUT2D eigenvalue weighted by Gasteiger charge is -2.33. The largest absolute Gasteiger partial charge is 0.352 e. The highest BCUT2D eigenvalue weighted by Gasteiger charge is 2.31. The van der Waals surface area contributed by atoms with Crippen LogP contribution in [0.5, 0.6) is 0 Å². The van der Waals surface area contributed by atoms with Crippen molar-refractivity contribution in [3.8, 4) is 0 Å². The first kappa shape index (κ1) is 27.0. The van der Waals surface area contributed by atoms with Gasteiger partial charge in [0.15, 0.2) is 0 Å². The fourth-order valence-electron chi connectivity index (χ4n) is 4.42. The molecule has 0 aromatic heterocycles. The summed E-state index contributed by atoms with van der Waals surface area (Å²) in [6, 6.07) is 13.5. The van der Waals surface area contributed by atoms with Crippen LogP contribution in [0.1, 0.15) is 50.2 Å². The number of rotatable bonds is 9. The SMILES string of the molecule is Cc1cc(Cl)ccc1N(CC(=O)N(Cc1ccccc1)[C@@H](C)C(=O)NC1CCCCC1)S(C)(=O)=O. The van der Waals surface area contributed by atoms with Gasteiger partial charge >= 0.3 is 0 Å². The van der Waals surface area contributed by atoms with Gasteiger partial charge in [-0.25, -0.2) is 8.42 Å². The van der Waals surface area contributed by atoms with Gasteiger partial charge in [-0.3, -0.25) is 13.9 Å². The summed E-state index contributed by atoms with van der Waals surface area (Å²) in [7, 11) is -3.78. The molecule has 2 aromatic rings. The Kier molecular flexibility index (Phi) is 9.19. The Bertz CT molecular complexity index is 1130. The predicted octanol–water partition coefficient (Wildman–Crippen LogP) is 4.28. The van der Waals surface area contributed by atoms with E-state index < -0.39 is 28.5 Å². The summed E-state index contributed by atoms with van der Waals surface area (Å²) in [5, 5.41) is 3.57. The zero-order valence-electron chi connectivity index (χ0n) is 20.5. The Labute approximate surface area is 213 Å². The quantitative estimate of drug-likeness (QED) is 0.535. The summed E-state index contributed by atoms with van der Waals surface area (Å²) in [5.74, 6) is -0.685. The van der Waals surface area contributed by atoms with Gasteiger partial charge in [0, 0.05) is 17.6 Å². The molecule has 0 unspecified atom stereocenters. The molecule has 1 N–H and O–H groups in total. The Morgan fingerprint density at radius 3 is 2.34 bits per heavy atom. The molecule has 0 spiro atoms. The van der Waals surface area contributed by atoms with Gasteiger partial charge in [0.1, 0.15) is 12.6 Å². The number of aryl methyl sites for hydroxylation is 1. The smallest absolute Gasteiger partial charge is 0.244 e. The number of amides is 2. The van der Waals surface area contributed by atoms with E-state index >= 15 is 0 Å². The van der Waals surface area contributed by atoms with E-state index in [0.717, 1.165) is 41.8 Å². The number of carbonyl (C=O) groups is 2. The maximum absolute atomic E-state index is 13.6. The van der Waals surface area contributed by atoms with Crippen LogP contribution in [0.3, 0.4) is 0 Å². The Morgan fingerprint density at radius 2 is 1.74 bits per heavy atom. The molecular formula is C26H34ClN3O4S. The third kappa shape index (κ3) is 7.45. The van der Waals surface area contributed by atoms with E-state index in [9.17, 15) is 18.0 Å². The van der Waals surface area contributed by atoms with Crippen LogP contribution in [-0.4, -0.2) is 50.0 Å². The summed E-state index contributed by atoms with van der Waals surface area (Å²) < 4.78 is 26.5. The topological polar surface area (TPSA) is 86.8 Å². The van der Waals surface area contributed by atoms with E-state index in [1.165, 1.54) is 11.3 Å². The molecule has 3 rings (SSSR count). The van der Waals surface area contributed by atoms with Crippen molar-refractivity contribution in [2.45, 2.75) is 64.6 Å². The average molecular weight is 520 g/mol. The Hall–Kier alpha value is -2.58. The summed E-state index contributed by atoms with van der Waals surface area (Å²) in [5.41, 5.74) is 1.87. The third-order valence-corrected chi connectivity index (χ3v) is 7.78. The van der Waals surface area contributed by atoms with E-state index in [2.05, 4.69) is 5.32 Å². The molecule has 2 aromatic carbocycles. The first-order valence-corrected chi connectivity index (χ1v) is 14.2. The minimum atomic E-state index is -3.78. The van der Waals surface area contributed by atoms with Crippen LogP contribution in [0.15, 0.2) is 48.5 Å². The molecule has 2 amide bonds. The van der Waals surface area contributed by atoms with Crippen LogP contribution < -0.4 is 9.62 Å². The predicted molar refractivity (Wildman–Crippen MR) is 140 cm³/mol. The number of carbonyl (C=O) groups excluding carboxylic acids is 2. The number of halogens is 1. The van der Waals surface area contributed by atoms with Gasteiger partial charge in [0.05, 0.1) is 11.9 Å². The fourth-order valence-corrected chi connectivity index (χ4v) is 5.56. The van der Waals surface area contributed by atoms with E-state index in [1.54, 1.807) is 32.0 Å². The van der Waals surface area contributed by atoms with E-state index in [0.29, 0.717) is 16.3 Å². The van der Waals surface area contributed by atoms with Gasteiger partial charge in [0.25, 0.3) is 0 Å². The number of nitrogens with one attached hydrogen (secondary N) is 1. The van der Waals surface area contributed by atoms with Crippen LogP contribution in [0.2, 0.25) is 5.02 Å². The summed E-state index contributed by atoms with van der Waals surface area (Å²) >= 11 is 6.05. The zero-order chi connectivity index (χ0) is 25.6. The van der Waals surface area contributed by atoms with Gasteiger partial charge in [-0.15, -0.1) is 0 Å². The highest BCUT2D eigenvalue weighted by Crippen LogP contribution is 2.26. The molecule has 7 nitrogen and oxygen atoms in total. The van der Waals surface area contributed by atoms with Crippen molar-refractivity contribution in [3.63, 3.8) is 0 Å². The van der Waals surface area contributed by atoms with Crippen molar-refractivity contribution in [1.29, 1.82) is 0 Å². The maximum atomic E-state index is 13.6. The normalized spacial score (nSPS) is 15.3. The summed E-state index contributed by atoms with van der Waals surface area (Å²) in [6.07, 6.45) is 6.26. The molecular weight excluding hydrogens is 486 g/mol. The number of hydrogen-bond donors (Lipinski definition) is 1. The molecule has 35 heavy (non-hydrogen) atoms. The Balaban J connectivity index is 1.87. The minimum Gasteiger partial charge on any atom is -0.352 e. The molecule has 1 saturated carbocycles. The van der Waals surface area contributed by atoms with Crippen molar-refractivity contribution in [1.82, 2.24) is 10.2 Å². The van der Waals surface area contributed by atoms with Crippen molar-refractivity contribution in [2.75, 3.05) is 17.1 Å². The second kappa shape index (κ2) is 11.9. The number of anilines is 1. The van der Waals surface area contributed by atoms with Gasteiger partial charge in [-0.2, -0.15) is 0 Å². The van der Waals surface area contributed by atoms with Crippen molar-refractivity contribution in [2.24, 2.45) is 0 Å². The fraction of sp³-hybridized carbons (Fsp3) is 0.462. The summed E-state index contributed by atoms with van der Waals surface area (Å²) in [4.78, 5) is 28.2. The Morgan fingerprint density at radius 1 is 1.09 bits per heavy atom. The second-order valence-corrected chi connectivity index (χ2v) is 11.6. The van der Waals surface area contributed by atoms with Crippen LogP contribution in [0.4, 0.5) is 5.69 Å². The van der Waals surface area contributed by atoms with Crippen molar-refractivity contribution in [3.05, 3.63) is 64.7 Å². The van der Waals surface area contributed by atoms with Gasteiger partial charge in [-0.1, -0.05) is 61.2 Å². The van der Waals surface area contributed by atoms with Crippen LogP contribution in [0.25, 0.3) is 0 Å². The summed E-state index contributed by atoms with van der Waals surface area (Å²) in [6.45, 7) is 3.20. The molecule has 0 radical (unpaired) electrons. The van der Waals surface area contributed by atoms with Crippen LogP contribution >= 0.6 is 11.6 Å².